The molecule has 1 atom stereocenters. The number of aromatic nitrogens is 4. The highest BCUT2D eigenvalue weighted by Gasteiger charge is 2.34. The number of Topliss-reactive ketones (excluding diaryl/α,β-unsaturated/α-hetero) is 1. The van der Waals surface area contributed by atoms with Crippen molar-refractivity contribution in [2.75, 3.05) is 11.4 Å². The maximum atomic E-state index is 12.9. The summed E-state index contributed by atoms with van der Waals surface area (Å²) >= 11 is 1.89. The molecule has 156 valence electrons. The number of anilines is 1. The fourth-order valence-corrected chi connectivity index (χ4v) is 6.37. The lowest BCUT2D eigenvalue weighted by Crippen LogP contribution is -2.32. The Morgan fingerprint density at radius 2 is 2.03 bits per heavy atom. The highest BCUT2D eigenvalue weighted by molar-refractivity contribution is 7.19. The number of nitrogens with zero attached hydrogens (tertiary/aromatic N) is 5. The Labute approximate surface area is 180 Å². The lowest BCUT2D eigenvalue weighted by atomic mass is 9.96. The first-order chi connectivity index (χ1) is 14.7. The molecular formula is C23H27N5OS. The minimum Gasteiger partial charge on any atom is -0.353 e. The summed E-state index contributed by atoms with van der Waals surface area (Å²) in [5.74, 6) is 2.86. The molecule has 3 aromatic rings. The van der Waals surface area contributed by atoms with Gasteiger partial charge in [-0.25, -0.2) is 9.97 Å². The van der Waals surface area contributed by atoms with Gasteiger partial charge in [0, 0.05) is 43.0 Å². The highest BCUT2D eigenvalue weighted by atomic mass is 32.1. The van der Waals surface area contributed by atoms with E-state index in [1.165, 1.54) is 52.8 Å². The highest BCUT2D eigenvalue weighted by Crippen LogP contribution is 2.45. The van der Waals surface area contributed by atoms with Crippen LogP contribution in [-0.2, 0) is 19.9 Å². The van der Waals surface area contributed by atoms with Crippen LogP contribution >= 0.6 is 11.3 Å². The molecule has 1 unspecified atom stereocenters. The van der Waals surface area contributed by atoms with Gasteiger partial charge in [0.1, 0.15) is 16.5 Å². The number of carbonyl (C=O) groups is 1. The van der Waals surface area contributed by atoms with Crippen molar-refractivity contribution in [1.29, 1.82) is 0 Å². The fraction of sp³-hybridized carbons (Fsp3) is 0.565. The van der Waals surface area contributed by atoms with Crippen molar-refractivity contribution < 1.29 is 4.79 Å². The fourth-order valence-electron chi connectivity index (χ4n) is 5.11. The van der Waals surface area contributed by atoms with E-state index in [9.17, 15) is 4.79 Å². The average molecular weight is 422 g/mol. The van der Waals surface area contributed by atoms with Gasteiger partial charge >= 0.3 is 0 Å². The molecule has 6 nitrogen and oxygen atoms in total. The van der Waals surface area contributed by atoms with Crippen LogP contribution in [-0.4, -0.2) is 38.1 Å². The lowest BCUT2D eigenvalue weighted by molar-refractivity contribution is 0.0974. The van der Waals surface area contributed by atoms with E-state index in [0.29, 0.717) is 17.9 Å². The molecule has 4 heterocycles. The average Bonchev–Trinajstić information content (AvgIpc) is 3.16. The summed E-state index contributed by atoms with van der Waals surface area (Å²) in [7, 11) is 1.86. The molecule has 3 aromatic heterocycles. The summed E-state index contributed by atoms with van der Waals surface area (Å²) in [6.07, 6.45) is 13.5. The van der Waals surface area contributed by atoms with Crippen LogP contribution in [0, 0.1) is 0 Å². The van der Waals surface area contributed by atoms with Gasteiger partial charge in [0.15, 0.2) is 5.78 Å². The molecule has 2 fully saturated rings. The third-order valence-electron chi connectivity index (χ3n) is 6.85. The molecule has 0 amide bonds. The summed E-state index contributed by atoms with van der Waals surface area (Å²) in [6.45, 7) is 0.978. The minimum atomic E-state index is 0.181. The first-order valence-electron chi connectivity index (χ1n) is 11.3. The molecule has 0 aromatic carbocycles. The van der Waals surface area contributed by atoms with Crippen LogP contribution in [0.2, 0.25) is 0 Å². The molecule has 3 aliphatic rings. The Morgan fingerprint density at radius 1 is 1.17 bits per heavy atom. The number of carbonyl (C=O) groups excluding carboxylic acids is 1. The topological polar surface area (TPSA) is 63.9 Å². The smallest absolute Gasteiger partial charge is 0.168 e. The van der Waals surface area contributed by atoms with E-state index in [-0.39, 0.29) is 11.8 Å². The second-order valence-corrected chi connectivity index (χ2v) is 10.2. The second kappa shape index (κ2) is 7.15. The Bertz CT molecular complexity index is 1130. The van der Waals surface area contributed by atoms with Crippen LogP contribution < -0.4 is 4.90 Å². The van der Waals surface area contributed by atoms with Crippen molar-refractivity contribution in [3.05, 3.63) is 34.2 Å². The van der Waals surface area contributed by atoms with Gasteiger partial charge in [-0.15, -0.1) is 11.3 Å². The molecule has 0 spiro atoms. The van der Waals surface area contributed by atoms with Crippen molar-refractivity contribution in [2.24, 2.45) is 7.05 Å². The van der Waals surface area contributed by atoms with E-state index in [1.807, 2.05) is 24.6 Å². The maximum Gasteiger partial charge on any atom is 0.168 e. The van der Waals surface area contributed by atoms with Gasteiger partial charge < -0.3 is 4.90 Å². The molecule has 30 heavy (non-hydrogen) atoms. The number of ketones is 1. The molecule has 1 saturated carbocycles. The van der Waals surface area contributed by atoms with Crippen molar-refractivity contribution in [2.45, 2.75) is 69.7 Å². The van der Waals surface area contributed by atoms with Gasteiger partial charge in [-0.2, -0.15) is 5.10 Å². The summed E-state index contributed by atoms with van der Waals surface area (Å²) in [5, 5.41) is 5.46. The van der Waals surface area contributed by atoms with Gasteiger partial charge in [0.05, 0.1) is 17.1 Å². The van der Waals surface area contributed by atoms with Gasteiger partial charge in [0.25, 0.3) is 0 Å². The predicted octanol–water partition coefficient (Wildman–Crippen LogP) is 4.42. The van der Waals surface area contributed by atoms with Gasteiger partial charge in [-0.05, 0) is 56.9 Å². The van der Waals surface area contributed by atoms with E-state index in [4.69, 9.17) is 9.97 Å². The Balaban J connectivity index is 1.39. The number of hydrogen-bond acceptors (Lipinski definition) is 6. The van der Waals surface area contributed by atoms with Crippen LogP contribution in [0.3, 0.4) is 0 Å². The third kappa shape index (κ3) is 3.14. The van der Waals surface area contributed by atoms with E-state index in [2.05, 4.69) is 10.00 Å². The largest absolute Gasteiger partial charge is 0.353 e. The normalized spacial score (nSPS) is 21.4. The summed E-state index contributed by atoms with van der Waals surface area (Å²) < 4.78 is 1.70. The summed E-state index contributed by atoms with van der Waals surface area (Å²) in [4.78, 5) is 28.2. The standard InChI is InChI=1S/C23H27N5OS/c1-27-13-15(12-24-27)18(29)11-16-5-4-10-28(16)22-20-17-6-2-3-7-19(17)30-23(20)26-21(25-22)14-8-9-14/h12-14,16H,2-11H2,1H3. The van der Waals surface area contributed by atoms with E-state index < -0.39 is 0 Å². The van der Waals surface area contributed by atoms with E-state index >= 15 is 0 Å². The molecule has 7 heteroatoms. The van der Waals surface area contributed by atoms with Crippen LogP contribution in [0.4, 0.5) is 5.82 Å². The Hall–Kier alpha value is -2.28. The van der Waals surface area contributed by atoms with Crippen molar-refractivity contribution in [3.8, 4) is 0 Å². The lowest BCUT2D eigenvalue weighted by Gasteiger charge is -2.27. The molecular weight excluding hydrogens is 394 g/mol. The zero-order valence-corrected chi connectivity index (χ0v) is 18.2. The second-order valence-electron chi connectivity index (χ2n) is 9.09. The van der Waals surface area contributed by atoms with Crippen molar-refractivity contribution in [1.82, 2.24) is 19.7 Å². The minimum absolute atomic E-state index is 0.181. The molecule has 0 N–H and O–H groups in total. The Morgan fingerprint density at radius 3 is 2.83 bits per heavy atom. The number of hydrogen-bond donors (Lipinski definition) is 0. The molecule has 1 saturated heterocycles. The van der Waals surface area contributed by atoms with Crippen LogP contribution in [0.5, 0.6) is 0 Å². The van der Waals surface area contributed by atoms with Gasteiger partial charge in [-0.3, -0.25) is 9.48 Å². The zero-order valence-electron chi connectivity index (χ0n) is 17.4. The van der Waals surface area contributed by atoms with E-state index in [1.54, 1.807) is 10.9 Å². The third-order valence-corrected chi connectivity index (χ3v) is 8.04. The first-order valence-corrected chi connectivity index (χ1v) is 12.1. The summed E-state index contributed by atoms with van der Waals surface area (Å²) in [6, 6.07) is 0.210. The molecule has 0 bridgehead atoms. The zero-order chi connectivity index (χ0) is 20.2. The molecule has 6 rings (SSSR count). The SMILES string of the molecule is Cn1cc(C(=O)CC2CCCN2c2nc(C3CC3)nc3sc4c(c23)CCCC4)cn1. The maximum absolute atomic E-state index is 12.9. The number of thiophene rings is 1. The Kier molecular flexibility index (Phi) is 4.41. The monoisotopic (exact) mass is 421 g/mol. The van der Waals surface area contributed by atoms with Gasteiger partial charge in [0.2, 0.25) is 0 Å². The van der Waals surface area contributed by atoms with Crippen molar-refractivity contribution in [3.63, 3.8) is 0 Å². The number of fused-ring (bicyclic) bond motifs is 3. The molecule has 0 radical (unpaired) electrons. The van der Waals surface area contributed by atoms with Gasteiger partial charge in [-0.1, -0.05) is 0 Å². The molecule has 2 aliphatic carbocycles. The van der Waals surface area contributed by atoms with E-state index in [0.717, 1.165) is 37.4 Å². The first kappa shape index (κ1) is 18.5. The van der Waals surface area contributed by atoms with Crippen molar-refractivity contribution >= 4 is 33.2 Å². The number of rotatable bonds is 5. The van der Waals surface area contributed by atoms with Crippen LogP contribution in [0.1, 0.15) is 77.5 Å². The number of aryl methyl sites for hydroxylation is 3. The quantitative estimate of drug-likeness (QED) is 0.571. The van der Waals surface area contributed by atoms with Crippen LogP contribution in [0.25, 0.3) is 10.2 Å². The van der Waals surface area contributed by atoms with Crippen LogP contribution in [0.15, 0.2) is 12.4 Å². The molecule has 1 aliphatic heterocycles. The summed E-state index contributed by atoms with van der Waals surface area (Å²) in [5.41, 5.74) is 2.20. The predicted molar refractivity (Wildman–Crippen MR) is 119 cm³/mol.